The van der Waals surface area contributed by atoms with Gasteiger partial charge in [0.25, 0.3) is 0 Å². The Hall–Kier alpha value is -5.64. The molecular formula is C28H20N2O8. The molecule has 6 N–H and O–H groups in total. The van der Waals surface area contributed by atoms with Crippen molar-refractivity contribution in [2.75, 3.05) is 0 Å². The lowest BCUT2D eigenvalue weighted by Crippen LogP contribution is -2.10. The Morgan fingerprint density at radius 1 is 0.500 bits per heavy atom. The molecule has 10 heteroatoms. The highest BCUT2D eigenvalue weighted by molar-refractivity contribution is 6.07. The number of rotatable bonds is 7. The first-order chi connectivity index (χ1) is 18.1. The number of hydrogen-bond donors (Lipinski definition) is 6. The molecule has 0 bridgehead atoms. The van der Waals surface area contributed by atoms with E-state index in [0.717, 1.165) is 0 Å². The molecule has 190 valence electrons. The molecule has 4 aromatic carbocycles. The Morgan fingerprint density at radius 3 is 1.24 bits per heavy atom. The van der Waals surface area contributed by atoms with Gasteiger partial charge in [-0.1, -0.05) is 24.3 Å². The van der Waals surface area contributed by atoms with Gasteiger partial charge in [0.2, 0.25) is 11.8 Å². The topological polar surface area (TPSA) is 180 Å². The van der Waals surface area contributed by atoms with E-state index in [-0.39, 0.29) is 45.1 Å². The van der Waals surface area contributed by atoms with Crippen LogP contribution in [0.25, 0.3) is 11.1 Å². The Morgan fingerprint density at radius 2 is 0.895 bits per heavy atom. The van der Waals surface area contributed by atoms with Gasteiger partial charge >= 0.3 is 11.9 Å². The first-order valence-electron chi connectivity index (χ1n) is 11.0. The first-order valence-corrected chi connectivity index (χ1v) is 11.0. The lowest BCUT2D eigenvalue weighted by atomic mass is 9.95. The van der Waals surface area contributed by atoms with Crippen LogP contribution in [0, 0.1) is 0 Å². The molecule has 38 heavy (non-hydrogen) atoms. The first kappa shape index (κ1) is 25.5. The molecule has 0 radical (unpaired) electrons. The second-order valence-electron chi connectivity index (χ2n) is 8.04. The third-order valence-corrected chi connectivity index (χ3v) is 5.44. The zero-order valence-corrected chi connectivity index (χ0v) is 19.5. The van der Waals surface area contributed by atoms with Gasteiger partial charge in [-0.15, -0.1) is 0 Å². The van der Waals surface area contributed by atoms with E-state index in [4.69, 9.17) is 0 Å². The molecule has 0 aliphatic rings. The van der Waals surface area contributed by atoms with Crippen molar-refractivity contribution in [3.05, 3.63) is 107 Å². The summed E-state index contributed by atoms with van der Waals surface area (Å²) in [4.78, 5) is 31.6. The number of aliphatic hydroxyl groups is 2. The van der Waals surface area contributed by atoms with E-state index >= 15 is 0 Å². The average Bonchev–Trinajstić information content (AvgIpc) is 2.88. The molecule has 0 fully saturated rings. The summed E-state index contributed by atoms with van der Waals surface area (Å²) < 4.78 is 0. The summed E-state index contributed by atoms with van der Waals surface area (Å²) in [5.41, 5.74) is 0.393. The van der Waals surface area contributed by atoms with Crippen LogP contribution < -0.4 is 0 Å². The number of nitrogens with zero attached hydrogens (tertiary/aromatic N) is 2. The quantitative estimate of drug-likeness (QED) is 0.140. The minimum atomic E-state index is -1.32. The van der Waals surface area contributed by atoms with Gasteiger partial charge in [0.15, 0.2) is 0 Å². The number of carboxylic acid groups (broad SMARTS) is 2. The van der Waals surface area contributed by atoms with Crippen molar-refractivity contribution in [1.29, 1.82) is 0 Å². The maximum absolute atomic E-state index is 11.8. The fraction of sp³-hybridized carbons (Fsp3) is 0. The van der Waals surface area contributed by atoms with E-state index in [1.807, 2.05) is 0 Å². The molecule has 0 saturated heterocycles. The highest BCUT2D eigenvalue weighted by Gasteiger charge is 2.19. The van der Waals surface area contributed by atoms with Gasteiger partial charge in [0.1, 0.15) is 11.5 Å². The molecule has 0 unspecified atom stereocenters. The van der Waals surface area contributed by atoms with Crippen molar-refractivity contribution in [3.8, 4) is 22.6 Å². The molecule has 0 saturated carbocycles. The standard InChI is InChI=1S/C28H20N2O8/c31-19-5-1-3-17(13-19)29-25(33)23-11-15(7-9-21(23)27(35)36)16-8-10-22(28(37)38)24(12-16)26(34)30-18-4-2-6-20(32)14-18/h1-14,31-32H,(H,29,33)(H,30,34)(H,35,36)(H,37,38). The van der Waals surface area contributed by atoms with Gasteiger partial charge in [-0.2, -0.15) is 0 Å². The molecule has 0 atom stereocenters. The predicted octanol–water partition coefficient (Wildman–Crippen LogP) is 5.43. The molecule has 0 heterocycles. The molecular weight excluding hydrogens is 492 g/mol. The Balaban J connectivity index is 1.83. The van der Waals surface area contributed by atoms with Crippen molar-refractivity contribution in [1.82, 2.24) is 0 Å². The van der Waals surface area contributed by atoms with Crippen LogP contribution in [-0.2, 0) is 0 Å². The summed E-state index contributed by atoms with van der Waals surface area (Å²) >= 11 is 0. The van der Waals surface area contributed by atoms with Gasteiger partial charge in [-0.3, -0.25) is 0 Å². The fourth-order valence-electron chi connectivity index (χ4n) is 3.68. The minimum Gasteiger partial charge on any atom is -0.508 e. The van der Waals surface area contributed by atoms with Gasteiger partial charge in [-0.25, -0.2) is 19.6 Å². The van der Waals surface area contributed by atoms with Crippen LogP contribution in [0.1, 0.15) is 31.8 Å². The van der Waals surface area contributed by atoms with Crippen LogP contribution in [0.5, 0.6) is 11.5 Å². The molecule has 10 nitrogen and oxygen atoms in total. The third-order valence-electron chi connectivity index (χ3n) is 5.44. The van der Waals surface area contributed by atoms with Crippen LogP contribution in [0.4, 0.5) is 11.4 Å². The molecule has 0 aliphatic heterocycles. The van der Waals surface area contributed by atoms with E-state index in [1.54, 1.807) is 0 Å². The number of hydrogen-bond acceptors (Lipinski definition) is 6. The number of benzene rings is 4. The van der Waals surface area contributed by atoms with E-state index in [0.29, 0.717) is 11.1 Å². The average molecular weight is 512 g/mol. The van der Waals surface area contributed by atoms with Crippen LogP contribution in [-0.4, -0.2) is 54.4 Å². The number of aliphatic hydroxyl groups excluding tert-OH is 2. The summed E-state index contributed by atoms with van der Waals surface area (Å²) in [7, 11) is 0. The van der Waals surface area contributed by atoms with Gasteiger partial charge < -0.3 is 30.6 Å². The largest absolute Gasteiger partial charge is 0.508 e. The number of phenols is 2. The third kappa shape index (κ3) is 5.60. The van der Waals surface area contributed by atoms with Gasteiger partial charge in [0.05, 0.1) is 33.6 Å². The molecule has 0 spiro atoms. The van der Waals surface area contributed by atoms with E-state index in [1.165, 1.54) is 84.9 Å². The van der Waals surface area contributed by atoms with Crippen LogP contribution >= 0.6 is 0 Å². The highest BCUT2D eigenvalue weighted by atomic mass is 16.4. The molecule has 0 aromatic heterocycles. The number of aliphatic imine (C=N–C) groups is 2. The predicted molar refractivity (Wildman–Crippen MR) is 140 cm³/mol. The van der Waals surface area contributed by atoms with Crippen LogP contribution in [0.15, 0.2) is 94.9 Å². The van der Waals surface area contributed by atoms with Crippen molar-refractivity contribution in [2.45, 2.75) is 0 Å². The van der Waals surface area contributed by atoms with E-state index in [2.05, 4.69) is 9.98 Å². The summed E-state index contributed by atoms with van der Waals surface area (Å²) in [6.45, 7) is 0. The maximum atomic E-state index is 11.8. The summed E-state index contributed by atoms with van der Waals surface area (Å²) in [6.07, 6.45) is 0. The minimum absolute atomic E-state index is 0.0931. The lowest BCUT2D eigenvalue weighted by Gasteiger charge is -2.11. The van der Waals surface area contributed by atoms with Crippen LogP contribution in [0.2, 0.25) is 0 Å². The van der Waals surface area contributed by atoms with Crippen molar-refractivity contribution in [2.24, 2.45) is 9.98 Å². The van der Waals surface area contributed by atoms with Crippen molar-refractivity contribution in [3.63, 3.8) is 0 Å². The Bertz CT molecular complexity index is 1500. The van der Waals surface area contributed by atoms with Crippen molar-refractivity contribution < 1.29 is 40.2 Å². The number of aromatic carboxylic acids is 2. The summed E-state index contributed by atoms with van der Waals surface area (Å²) in [5.74, 6) is -4.06. The summed E-state index contributed by atoms with van der Waals surface area (Å²) in [5, 5.41) is 59.8. The molecule has 0 aliphatic carbocycles. The zero-order chi connectivity index (χ0) is 27.4. The summed E-state index contributed by atoms with van der Waals surface area (Å²) in [6, 6.07) is 19.6. The normalized spacial score (nSPS) is 11.8. The highest BCUT2D eigenvalue weighted by Crippen LogP contribution is 2.28. The number of carboxylic acids is 2. The Kier molecular flexibility index (Phi) is 7.06. The van der Waals surface area contributed by atoms with E-state index in [9.17, 15) is 40.2 Å². The zero-order valence-electron chi connectivity index (χ0n) is 19.5. The maximum Gasteiger partial charge on any atom is 0.336 e. The Labute approximate surface area is 215 Å². The van der Waals surface area contributed by atoms with Crippen LogP contribution in [0.3, 0.4) is 0 Å². The molecule has 4 rings (SSSR count). The second kappa shape index (κ2) is 10.5. The lowest BCUT2D eigenvalue weighted by molar-refractivity contribution is 0.0685. The van der Waals surface area contributed by atoms with E-state index < -0.39 is 23.7 Å². The van der Waals surface area contributed by atoms with Gasteiger partial charge in [-0.05, 0) is 59.7 Å². The van der Waals surface area contributed by atoms with Gasteiger partial charge in [0, 0.05) is 12.1 Å². The fourth-order valence-corrected chi connectivity index (χ4v) is 3.68. The molecule has 0 amide bonds. The SMILES string of the molecule is O=C(O)c1ccc(-c2ccc(C(=O)O)c(C(O)=Nc3cccc(O)c3)c2)cc1C(O)=Nc1cccc(O)c1. The van der Waals surface area contributed by atoms with Crippen molar-refractivity contribution >= 4 is 35.1 Å². The second-order valence-corrected chi connectivity index (χ2v) is 8.04. The smallest absolute Gasteiger partial charge is 0.336 e. The number of aromatic hydroxyl groups is 2. The number of carbonyl (C=O) groups is 2. The monoisotopic (exact) mass is 512 g/mol. The number of phenolic OH excluding ortho intramolecular Hbond substituents is 2. The molecule has 4 aromatic rings.